The number of hydrogen-bond acceptors (Lipinski definition) is 5. The first-order chi connectivity index (χ1) is 16.0. The number of pyridine rings is 1. The van der Waals surface area contributed by atoms with Crippen LogP contribution in [0.3, 0.4) is 0 Å². The number of nitrogen functional groups attached to an aromatic ring is 1. The van der Waals surface area contributed by atoms with Crippen molar-refractivity contribution in [3.8, 4) is 16.9 Å². The molecule has 2 fully saturated rings. The molecule has 0 radical (unpaired) electrons. The van der Waals surface area contributed by atoms with E-state index in [1.54, 1.807) is 17.9 Å². The Bertz CT molecular complexity index is 1220. The van der Waals surface area contributed by atoms with Crippen molar-refractivity contribution < 1.29 is 15.0 Å². The van der Waals surface area contributed by atoms with Gasteiger partial charge in [0.25, 0.3) is 5.91 Å². The number of amides is 1. The second-order valence-corrected chi connectivity index (χ2v) is 9.20. The molecule has 1 unspecified atom stereocenters. The predicted octanol–water partition coefficient (Wildman–Crippen LogP) is 4.34. The van der Waals surface area contributed by atoms with Crippen LogP contribution in [0.15, 0.2) is 48.5 Å². The number of anilines is 1. The Morgan fingerprint density at radius 1 is 1.12 bits per heavy atom. The van der Waals surface area contributed by atoms with Crippen molar-refractivity contribution in [1.29, 1.82) is 0 Å². The third-order valence-electron chi connectivity index (χ3n) is 6.92. The van der Waals surface area contributed by atoms with Crippen molar-refractivity contribution in [2.45, 2.75) is 44.6 Å². The van der Waals surface area contributed by atoms with E-state index >= 15 is 0 Å². The van der Waals surface area contributed by atoms with E-state index in [1.807, 2.05) is 12.1 Å². The summed E-state index contributed by atoms with van der Waals surface area (Å²) >= 11 is 0. The summed E-state index contributed by atoms with van der Waals surface area (Å²) in [6, 6.07) is 15.6. The number of carbonyl (C=O) groups is 1. The van der Waals surface area contributed by atoms with E-state index in [-0.39, 0.29) is 24.2 Å². The largest absolute Gasteiger partial charge is 0.506 e. The molecule has 1 aromatic heterocycles. The number of aryl methyl sites for hydroxylation is 1. The zero-order chi connectivity index (χ0) is 23.1. The summed E-state index contributed by atoms with van der Waals surface area (Å²) in [5, 5.41) is 19.9. The number of aromatic hydroxyl groups is 1. The highest BCUT2D eigenvalue weighted by molar-refractivity contribution is 5.92. The molecule has 1 aliphatic heterocycles. The summed E-state index contributed by atoms with van der Waals surface area (Å²) in [4.78, 5) is 19.0. The van der Waals surface area contributed by atoms with Crippen molar-refractivity contribution in [2.75, 3.05) is 18.8 Å². The van der Waals surface area contributed by atoms with E-state index in [1.165, 1.54) is 30.0 Å². The SMILES string of the molecule is Cc1nc(C(=O)N2CCC(c3c(N)cc(-c4ccccc4C4CC4)cc3CO)C2)ccc1O. The molecule has 1 saturated carbocycles. The highest BCUT2D eigenvalue weighted by Gasteiger charge is 2.32. The van der Waals surface area contributed by atoms with Crippen LogP contribution in [-0.2, 0) is 6.61 Å². The van der Waals surface area contributed by atoms with Gasteiger partial charge in [0.15, 0.2) is 0 Å². The third-order valence-corrected chi connectivity index (χ3v) is 6.92. The molecule has 1 aliphatic carbocycles. The van der Waals surface area contributed by atoms with Crippen LogP contribution in [0, 0.1) is 6.92 Å². The van der Waals surface area contributed by atoms with Crippen LogP contribution in [-0.4, -0.2) is 39.1 Å². The molecule has 1 saturated heterocycles. The van der Waals surface area contributed by atoms with E-state index in [4.69, 9.17) is 5.73 Å². The lowest BCUT2D eigenvalue weighted by atomic mass is 9.87. The van der Waals surface area contributed by atoms with Gasteiger partial charge < -0.3 is 20.8 Å². The number of aliphatic hydroxyl groups is 1. The Kier molecular flexibility index (Phi) is 5.54. The summed E-state index contributed by atoms with van der Waals surface area (Å²) in [6.45, 7) is 2.70. The topological polar surface area (TPSA) is 99.7 Å². The zero-order valence-corrected chi connectivity index (χ0v) is 18.8. The zero-order valence-electron chi connectivity index (χ0n) is 18.8. The highest BCUT2D eigenvalue weighted by Crippen LogP contribution is 2.45. The molecule has 170 valence electrons. The van der Waals surface area contributed by atoms with Gasteiger partial charge in [0.2, 0.25) is 0 Å². The average molecular weight is 444 g/mol. The number of nitrogens with zero attached hydrogens (tertiary/aromatic N) is 2. The molecule has 5 rings (SSSR count). The maximum atomic E-state index is 13.0. The van der Waals surface area contributed by atoms with Crippen LogP contribution in [0.5, 0.6) is 5.75 Å². The van der Waals surface area contributed by atoms with Gasteiger partial charge in [-0.15, -0.1) is 0 Å². The molecular weight excluding hydrogens is 414 g/mol. The van der Waals surface area contributed by atoms with Crippen LogP contribution >= 0.6 is 0 Å². The summed E-state index contributed by atoms with van der Waals surface area (Å²) in [6.07, 6.45) is 3.22. The maximum Gasteiger partial charge on any atom is 0.272 e. The van der Waals surface area contributed by atoms with Gasteiger partial charge in [-0.25, -0.2) is 4.98 Å². The highest BCUT2D eigenvalue weighted by atomic mass is 16.3. The fourth-order valence-corrected chi connectivity index (χ4v) is 5.05. The molecule has 1 atom stereocenters. The van der Waals surface area contributed by atoms with Gasteiger partial charge in [-0.2, -0.15) is 0 Å². The molecule has 6 nitrogen and oxygen atoms in total. The van der Waals surface area contributed by atoms with Crippen LogP contribution in [0.25, 0.3) is 11.1 Å². The predicted molar refractivity (Wildman–Crippen MR) is 128 cm³/mol. The summed E-state index contributed by atoms with van der Waals surface area (Å²) in [5.74, 6) is 0.600. The molecule has 3 aromatic rings. The first-order valence-corrected chi connectivity index (χ1v) is 11.5. The Morgan fingerprint density at radius 2 is 1.91 bits per heavy atom. The second-order valence-electron chi connectivity index (χ2n) is 9.20. The number of benzene rings is 2. The molecule has 1 amide bonds. The quantitative estimate of drug-likeness (QED) is 0.509. The van der Waals surface area contributed by atoms with Gasteiger partial charge in [0.1, 0.15) is 11.4 Å². The summed E-state index contributed by atoms with van der Waals surface area (Å²) in [7, 11) is 0. The molecule has 33 heavy (non-hydrogen) atoms. The van der Waals surface area contributed by atoms with E-state index in [0.29, 0.717) is 36.1 Å². The average Bonchev–Trinajstić information content (AvgIpc) is 3.56. The molecule has 4 N–H and O–H groups in total. The summed E-state index contributed by atoms with van der Waals surface area (Å²) in [5.41, 5.74) is 13.3. The minimum absolute atomic E-state index is 0.0574. The van der Waals surface area contributed by atoms with Crippen LogP contribution in [0.4, 0.5) is 5.69 Å². The fourth-order valence-electron chi connectivity index (χ4n) is 5.05. The van der Waals surface area contributed by atoms with Crippen molar-refractivity contribution in [2.24, 2.45) is 0 Å². The molecule has 2 aliphatic rings. The normalized spacial score (nSPS) is 18.0. The lowest BCUT2D eigenvalue weighted by Crippen LogP contribution is -2.29. The van der Waals surface area contributed by atoms with Gasteiger partial charge in [-0.1, -0.05) is 24.3 Å². The van der Waals surface area contributed by atoms with Crippen LogP contribution in [0.1, 0.15) is 64.0 Å². The minimum Gasteiger partial charge on any atom is -0.506 e. The third kappa shape index (κ3) is 4.07. The number of aromatic nitrogens is 1. The number of likely N-dealkylation sites (tertiary alicyclic amines) is 1. The Hall–Kier alpha value is -3.38. The summed E-state index contributed by atoms with van der Waals surface area (Å²) < 4.78 is 0. The first-order valence-electron chi connectivity index (χ1n) is 11.5. The molecule has 2 aromatic carbocycles. The van der Waals surface area contributed by atoms with E-state index in [9.17, 15) is 15.0 Å². The van der Waals surface area contributed by atoms with Gasteiger partial charge in [0, 0.05) is 24.7 Å². The van der Waals surface area contributed by atoms with Crippen molar-refractivity contribution in [1.82, 2.24) is 9.88 Å². The van der Waals surface area contributed by atoms with Gasteiger partial charge in [-0.3, -0.25) is 4.79 Å². The molecule has 2 heterocycles. The number of nitrogens with two attached hydrogens (primary N) is 1. The smallest absolute Gasteiger partial charge is 0.272 e. The van der Waals surface area contributed by atoms with E-state index < -0.39 is 0 Å². The van der Waals surface area contributed by atoms with Gasteiger partial charge >= 0.3 is 0 Å². The number of aliphatic hydroxyl groups excluding tert-OH is 1. The monoisotopic (exact) mass is 443 g/mol. The second kappa shape index (κ2) is 8.52. The lowest BCUT2D eigenvalue weighted by Gasteiger charge is -2.21. The van der Waals surface area contributed by atoms with Crippen molar-refractivity contribution in [3.63, 3.8) is 0 Å². The van der Waals surface area contributed by atoms with Crippen molar-refractivity contribution >= 4 is 11.6 Å². The molecule has 6 heteroatoms. The maximum absolute atomic E-state index is 13.0. The van der Waals surface area contributed by atoms with Crippen LogP contribution in [0.2, 0.25) is 0 Å². The van der Waals surface area contributed by atoms with E-state index in [2.05, 4.69) is 29.2 Å². The van der Waals surface area contributed by atoms with Gasteiger partial charge in [-0.05, 0) is 84.2 Å². The fraction of sp³-hybridized carbons (Fsp3) is 0.333. The van der Waals surface area contributed by atoms with Crippen LogP contribution < -0.4 is 5.73 Å². The van der Waals surface area contributed by atoms with Crippen molar-refractivity contribution in [3.05, 3.63) is 76.6 Å². The minimum atomic E-state index is -0.153. The standard InChI is InChI=1S/C27H29N3O3/c1-16-25(32)9-8-24(29-16)27(33)30-11-10-18(14-30)26-20(15-31)12-19(13-23(26)28)22-5-3-2-4-21(22)17-6-7-17/h2-5,8-9,12-13,17-18,31-32H,6-7,10-11,14-15,28H2,1H3. The Labute approximate surface area is 193 Å². The number of rotatable bonds is 5. The Balaban J connectivity index is 1.42. The number of hydrogen-bond donors (Lipinski definition) is 3. The lowest BCUT2D eigenvalue weighted by molar-refractivity contribution is 0.0784. The first kappa shape index (κ1) is 21.5. The molecular formula is C27H29N3O3. The number of carbonyl (C=O) groups excluding carboxylic acids is 1. The van der Waals surface area contributed by atoms with E-state index in [0.717, 1.165) is 23.1 Å². The molecule has 0 bridgehead atoms. The van der Waals surface area contributed by atoms with Gasteiger partial charge in [0.05, 0.1) is 12.3 Å². The molecule has 0 spiro atoms. The Morgan fingerprint density at radius 3 is 2.64 bits per heavy atom.